The molecule has 5 nitrogen and oxygen atoms in total. The van der Waals surface area contributed by atoms with Gasteiger partial charge in [0, 0.05) is 5.02 Å². The van der Waals surface area contributed by atoms with E-state index in [1.165, 1.54) is 0 Å². The molecule has 1 aliphatic carbocycles. The molecule has 0 radical (unpaired) electrons. The molecule has 0 spiro atoms. The topological polar surface area (TPSA) is 63.7 Å². The maximum absolute atomic E-state index is 12.6. The van der Waals surface area contributed by atoms with Crippen LogP contribution >= 0.6 is 11.6 Å². The summed E-state index contributed by atoms with van der Waals surface area (Å²) in [4.78, 5) is 42.4. The first-order valence-electron chi connectivity index (χ1n) is 7.95. The van der Waals surface area contributed by atoms with Crippen molar-refractivity contribution in [1.82, 2.24) is 5.06 Å². The lowest BCUT2D eigenvalue weighted by molar-refractivity contribution is -0.175. The van der Waals surface area contributed by atoms with E-state index >= 15 is 0 Å². The third-order valence-electron chi connectivity index (χ3n) is 4.67. The minimum Gasteiger partial charge on any atom is -0.329 e. The normalized spacial score (nSPS) is 17.4. The van der Waals surface area contributed by atoms with Crippen molar-refractivity contribution in [3.63, 3.8) is 0 Å². The van der Waals surface area contributed by atoms with E-state index in [1.54, 1.807) is 36.4 Å². The molecule has 1 heterocycles. The Morgan fingerprint density at radius 3 is 2.08 bits per heavy atom. The fraction of sp³-hybridized carbons (Fsp3) is 0.211. The Hall–Kier alpha value is -2.66. The van der Waals surface area contributed by atoms with Crippen LogP contribution in [0.25, 0.3) is 0 Å². The van der Waals surface area contributed by atoms with Gasteiger partial charge in [0.25, 0.3) is 11.8 Å². The minimum absolute atomic E-state index is 0.253. The van der Waals surface area contributed by atoms with Gasteiger partial charge in [-0.3, -0.25) is 9.59 Å². The summed E-state index contributed by atoms with van der Waals surface area (Å²) in [6, 6.07) is 13.7. The number of amides is 2. The van der Waals surface area contributed by atoms with Gasteiger partial charge < -0.3 is 4.84 Å². The number of hydrogen-bond acceptors (Lipinski definition) is 4. The van der Waals surface area contributed by atoms with E-state index in [4.69, 9.17) is 16.4 Å². The van der Waals surface area contributed by atoms with Crippen LogP contribution < -0.4 is 0 Å². The van der Waals surface area contributed by atoms with Crippen LogP contribution in [-0.4, -0.2) is 22.8 Å². The molecule has 0 N–H and O–H groups in total. The van der Waals surface area contributed by atoms with Crippen LogP contribution in [0.4, 0.5) is 0 Å². The summed E-state index contributed by atoms with van der Waals surface area (Å²) in [7, 11) is 0. The van der Waals surface area contributed by atoms with E-state index < -0.39 is 23.2 Å². The SMILES string of the molecule is O=C1c2ccccc2C(=O)N1OC(=O)C1(Cc2ccc(Cl)cc2)CC1. The number of hydrogen-bond donors (Lipinski definition) is 0. The fourth-order valence-electron chi connectivity index (χ4n) is 3.03. The van der Waals surface area contributed by atoms with Crippen LogP contribution in [0.3, 0.4) is 0 Å². The summed E-state index contributed by atoms with van der Waals surface area (Å²) < 4.78 is 0. The zero-order valence-corrected chi connectivity index (χ0v) is 14.0. The Bertz CT molecular complexity index is 852. The predicted molar refractivity (Wildman–Crippen MR) is 89.9 cm³/mol. The van der Waals surface area contributed by atoms with E-state index in [0.717, 1.165) is 5.56 Å². The third kappa shape index (κ3) is 2.70. The summed E-state index contributed by atoms with van der Waals surface area (Å²) in [6.45, 7) is 0. The summed E-state index contributed by atoms with van der Waals surface area (Å²) in [5, 5.41) is 1.21. The highest BCUT2D eigenvalue weighted by molar-refractivity contribution is 6.30. The van der Waals surface area contributed by atoms with Crippen molar-refractivity contribution in [2.45, 2.75) is 19.3 Å². The molecule has 1 aliphatic heterocycles. The van der Waals surface area contributed by atoms with Crippen molar-refractivity contribution in [2.75, 3.05) is 0 Å². The molecule has 2 amide bonds. The summed E-state index contributed by atoms with van der Waals surface area (Å²) in [5.41, 5.74) is 0.787. The lowest BCUT2D eigenvalue weighted by Gasteiger charge is -2.18. The average Bonchev–Trinajstić information content (AvgIpc) is 3.37. The van der Waals surface area contributed by atoms with Crippen molar-refractivity contribution < 1.29 is 19.2 Å². The second kappa shape index (κ2) is 5.70. The number of halogens is 1. The molecule has 4 rings (SSSR count). The highest BCUT2D eigenvalue weighted by atomic mass is 35.5. The molecule has 2 aromatic rings. The molecule has 2 aromatic carbocycles. The molecule has 0 saturated heterocycles. The van der Waals surface area contributed by atoms with Gasteiger partial charge >= 0.3 is 5.97 Å². The first kappa shape index (κ1) is 15.8. The van der Waals surface area contributed by atoms with Gasteiger partial charge in [-0.25, -0.2) is 4.79 Å². The Labute approximate surface area is 149 Å². The zero-order chi connectivity index (χ0) is 17.6. The zero-order valence-electron chi connectivity index (χ0n) is 13.2. The summed E-state index contributed by atoms with van der Waals surface area (Å²) >= 11 is 5.88. The largest absolute Gasteiger partial charge is 0.339 e. The molecule has 0 unspecified atom stereocenters. The number of nitrogens with zero attached hydrogens (tertiary/aromatic N) is 1. The second-order valence-corrected chi connectivity index (χ2v) is 6.85. The lowest BCUT2D eigenvalue weighted by atomic mass is 9.97. The highest BCUT2D eigenvalue weighted by Gasteiger charge is 2.53. The average molecular weight is 356 g/mol. The van der Waals surface area contributed by atoms with Gasteiger partial charge in [0.2, 0.25) is 0 Å². The van der Waals surface area contributed by atoms with Gasteiger partial charge in [0.15, 0.2) is 0 Å². The van der Waals surface area contributed by atoms with Gasteiger partial charge in [0.05, 0.1) is 16.5 Å². The van der Waals surface area contributed by atoms with Crippen LogP contribution in [0.2, 0.25) is 5.02 Å². The Balaban J connectivity index is 1.50. The molecule has 2 aliphatic rings. The number of fused-ring (bicyclic) bond motifs is 1. The molecule has 126 valence electrons. The number of carbonyl (C=O) groups excluding carboxylic acids is 3. The molecule has 0 bridgehead atoms. The maximum Gasteiger partial charge on any atom is 0.339 e. The molecule has 0 aromatic heterocycles. The Kier molecular flexibility index (Phi) is 3.62. The van der Waals surface area contributed by atoms with Gasteiger partial charge in [-0.15, -0.1) is 0 Å². The standard InChI is InChI=1S/C19H14ClNO4/c20-13-7-5-12(6-8-13)11-19(9-10-19)18(24)25-21-16(22)14-3-1-2-4-15(14)17(21)23/h1-8H,9-11H2. The molecule has 6 heteroatoms. The van der Waals surface area contributed by atoms with Crippen LogP contribution in [0.15, 0.2) is 48.5 Å². The van der Waals surface area contributed by atoms with Gasteiger partial charge in [-0.05, 0) is 49.1 Å². The van der Waals surface area contributed by atoms with Crippen molar-refractivity contribution in [2.24, 2.45) is 5.41 Å². The number of hydroxylamine groups is 2. The molecule has 1 fully saturated rings. The molecular formula is C19H14ClNO4. The van der Waals surface area contributed by atoms with Crippen LogP contribution in [0.1, 0.15) is 39.1 Å². The smallest absolute Gasteiger partial charge is 0.329 e. The lowest BCUT2D eigenvalue weighted by Crippen LogP contribution is -2.36. The molecule has 0 atom stereocenters. The minimum atomic E-state index is -0.677. The predicted octanol–water partition coefficient (Wildman–Crippen LogP) is 3.42. The summed E-state index contributed by atoms with van der Waals surface area (Å²) in [5.74, 6) is -1.75. The van der Waals surface area contributed by atoms with E-state index in [1.807, 2.05) is 12.1 Å². The first-order chi connectivity index (χ1) is 12.0. The molecule has 1 saturated carbocycles. The van der Waals surface area contributed by atoms with Gasteiger partial charge in [-0.2, -0.15) is 0 Å². The number of imide groups is 1. The first-order valence-corrected chi connectivity index (χ1v) is 8.33. The monoisotopic (exact) mass is 355 g/mol. The van der Waals surface area contributed by atoms with Crippen molar-refractivity contribution in [3.8, 4) is 0 Å². The highest BCUT2D eigenvalue weighted by Crippen LogP contribution is 2.50. The van der Waals surface area contributed by atoms with Crippen LogP contribution in [-0.2, 0) is 16.1 Å². The summed E-state index contributed by atoms with van der Waals surface area (Å²) in [6.07, 6.45) is 1.82. The Morgan fingerprint density at radius 1 is 1.00 bits per heavy atom. The van der Waals surface area contributed by atoms with Crippen LogP contribution in [0, 0.1) is 5.41 Å². The fourth-order valence-corrected chi connectivity index (χ4v) is 3.15. The second-order valence-electron chi connectivity index (χ2n) is 6.41. The van der Waals surface area contributed by atoms with Crippen molar-refractivity contribution in [3.05, 3.63) is 70.2 Å². The van der Waals surface area contributed by atoms with Gasteiger partial charge in [0.1, 0.15) is 0 Å². The number of carbonyl (C=O) groups is 3. The van der Waals surface area contributed by atoms with Crippen molar-refractivity contribution >= 4 is 29.4 Å². The van der Waals surface area contributed by atoms with E-state index in [2.05, 4.69) is 0 Å². The van der Waals surface area contributed by atoms with E-state index in [-0.39, 0.29) is 11.1 Å². The third-order valence-corrected chi connectivity index (χ3v) is 4.93. The Morgan fingerprint density at radius 2 is 1.56 bits per heavy atom. The number of benzene rings is 2. The molecule has 25 heavy (non-hydrogen) atoms. The van der Waals surface area contributed by atoms with Crippen molar-refractivity contribution in [1.29, 1.82) is 0 Å². The quantitative estimate of drug-likeness (QED) is 0.788. The maximum atomic E-state index is 12.6. The van der Waals surface area contributed by atoms with Crippen LogP contribution in [0.5, 0.6) is 0 Å². The van der Waals surface area contributed by atoms with E-state index in [0.29, 0.717) is 29.3 Å². The van der Waals surface area contributed by atoms with E-state index in [9.17, 15) is 14.4 Å². The molecular weight excluding hydrogens is 342 g/mol. The van der Waals surface area contributed by atoms with Gasteiger partial charge in [-0.1, -0.05) is 40.9 Å². The number of rotatable bonds is 4.